The first-order chi connectivity index (χ1) is 10.4. The van der Waals surface area contributed by atoms with Gasteiger partial charge in [-0.3, -0.25) is 4.98 Å². The second kappa shape index (κ2) is 6.77. The molecule has 2 heterocycles. The zero-order valence-electron chi connectivity index (χ0n) is 13.3. The fraction of sp³-hybridized carbons (Fsp3) is 0.562. The number of carbonyl (C=O) groups is 2. The Kier molecular flexibility index (Phi) is 5.00. The van der Waals surface area contributed by atoms with Gasteiger partial charge in [-0.15, -0.1) is 0 Å². The van der Waals surface area contributed by atoms with Crippen LogP contribution in [0.4, 0.5) is 4.79 Å². The zero-order chi connectivity index (χ0) is 16.3. The first-order valence-corrected chi connectivity index (χ1v) is 7.59. The van der Waals surface area contributed by atoms with Gasteiger partial charge in [-0.05, 0) is 30.4 Å². The first-order valence-electron chi connectivity index (χ1n) is 7.59. The average Bonchev–Trinajstić information content (AvgIpc) is 2.95. The molecular weight excluding hydrogens is 282 g/mol. The van der Waals surface area contributed by atoms with Gasteiger partial charge in [0.1, 0.15) is 6.04 Å². The molecule has 0 saturated carbocycles. The minimum Gasteiger partial charge on any atom is -0.480 e. The van der Waals surface area contributed by atoms with Crippen LogP contribution in [-0.4, -0.2) is 51.5 Å². The Bertz CT molecular complexity index is 533. The van der Waals surface area contributed by atoms with E-state index in [2.05, 4.69) is 4.98 Å². The number of carboxylic acid groups (broad SMARTS) is 1. The first kappa shape index (κ1) is 16.3. The van der Waals surface area contributed by atoms with E-state index in [-0.39, 0.29) is 18.0 Å². The number of amides is 2. The quantitative estimate of drug-likeness (QED) is 0.927. The Labute approximate surface area is 130 Å². The Balaban J connectivity index is 2.19. The Hall–Kier alpha value is -2.11. The van der Waals surface area contributed by atoms with E-state index >= 15 is 0 Å². The van der Waals surface area contributed by atoms with E-state index in [4.69, 9.17) is 0 Å². The summed E-state index contributed by atoms with van der Waals surface area (Å²) in [7, 11) is 1.57. The van der Waals surface area contributed by atoms with Crippen LogP contribution in [0, 0.1) is 5.92 Å². The lowest BCUT2D eigenvalue weighted by Crippen LogP contribution is -2.50. The number of nitrogens with zero attached hydrogens (tertiary/aromatic N) is 3. The number of likely N-dealkylation sites (N-methyl/N-ethyl adjacent to an activating group) is 1. The number of hydrogen-bond acceptors (Lipinski definition) is 3. The number of aromatic nitrogens is 1. The van der Waals surface area contributed by atoms with Crippen LogP contribution in [-0.2, 0) is 4.79 Å². The summed E-state index contributed by atoms with van der Waals surface area (Å²) < 4.78 is 0. The minimum atomic E-state index is -0.969. The maximum absolute atomic E-state index is 12.7. The number of pyridine rings is 1. The van der Waals surface area contributed by atoms with E-state index in [0.29, 0.717) is 6.54 Å². The Morgan fingerprint density at radius 2 is 2.18 bits per heavy atom. The lowest BCUT2D eigenvalue weighted by molar-refractivity contribution is -0.143. The summed E-state index contributed by atoms with van der Waals surface area (Å²) in [6.45, 7) is 4.27. The molecule has 6 nitrogen and oxygen atoms in total. The van der Waals surface area contributed by atoms with Crippen molar-refractivity contribution in [1.82, 2.24) is 14.8 Å². The van der Waals surface area contributed by atoms with Gasteiger partial charge >= 0.3 is 12.0 Å². The molecule has 2 amide bonds. The van der Waals surface area contributed by atoms with Gasteiger partial charge in [0.25, 0.3) is 0 Å². The van der Waals surface area contributed by atoms with Gasteiger partial charge in [-0.2, -0.15) is 0 Å². The van der Waals surface area contributed by atoms with Crippen molar-refractivity contribution in [2.24, 2.45) is 5.92 Å². The van der Waals surface area contributed by atoms with Crippen LogP contribution in [0.3, 0.4) is 0 Å². The van der Waals surface area contributed by atoms with Gasteiger partial charge in [-0.25, -0.2) is 9.59 Å². The predicted octanol–water partition coefficient (Wildman–Crippen LogP) is 2.38. The van der Waals surface area contributed by atoms with Crippen LogP contribution in [0.2, 0.25) is 0 Å². The van der Waals surface area contributed by atoms with Gasteiger partial charge in [0.05, 0.1) is 6.04 Å². The molecule has 22 heavy (non-hydrogen) atoms. The van der Waals surface area contributed by atoms with Crippen molar-refractivity contribution in [1.29, 1.82) is 0 Å². The minimum absolute atomic E-state index is 0.0229. The molecule has 1 N–H and O–H groups in total. The Morgan fingerprint density at radius 1 is 1.45 bits per heavy atom. The molecule has 0 radical (unpaired) electrons. The maximum atomic E-state index is 12.7. The topological polar surface area (TPSA) is 73.7 Å². The lowest BCUT2D eigenvalue weighted by atomic mass is 10.0. The van der Waals surface area contributed by atoms with E-state index < -0.39 is 12.0 Å². The molecule has 120 valence electrons. The van der Waals surface area contributed by atoms with E-state index in [1.165, 1.54) is 4.90 Å². The Morgan fingerprint density at radius 3 is 2.73 bits per heavy atom. The molecule has 6 heteroatoms. The highest BCUT2D eigenvalue weighted by atomic mass is 16.4. The highest BCUT2D eigenvalue weighted by Crippen LogP contribution is 2.32. The van der Waals surface area contributed by atoms with Gasteiger partial charge in [0, 0.05) is 26.0 Å². The molecule has 2 rings (SSSR count). The van der Waals surface area contributed by atoms with E-state index in [1.807, 2.05) is 26.0 Å². The summed E-state index contributed by atoms with van der Waals surface area (Å²) in [6, 6.07) is 2.74. The number of carbonyl (C=O) groups excluding carboxylic acids is 1. The monoisotopic (exact) mass is 305 g/mol. The molecule has 1 aromatic rings. The SMILES string of the molecule is CC(C)[C@@H](C(=O)O)N(C)C(=O)N1CCC[C@@H]1c1cccnc1. The molecular formula is C16H23N3O3. The van der Waals surface area contributed by atoms with Crippen LogP contribution in [0.1, 0.15) is 38.3 Å². The fourth-order valence-electron chi connectivity index (χ4n) is 3.13. The molecule has 2 atom stereocenters. The third kappa shape index (κ3) is 3.21. The predicted molar refractivity (Wildman–Crippen MR) is 82.3 cm³/mol. The maximum Gasteiger partial charge on any atom is 0.326 e. The molecule has 1 aliphatic heterocycles. The summed E-state index contributed by atoms with van der Waals surface area (Å²) in [5.74, 6) is -1.12. The zero-order valence-corrected chi connectivity index (χ0v) is 13.3. The molecule has 0 bridgehead atoms. The van der Waals surface area contributed by atoms with Crippen LogP contribution in [0.5, 0.6) is 0 Å². The number of carboxylic acids is 1. The van der Waals surface area contributed by atoms with Gasteiger partial charge in [0.15, 0.2) is 0 Å². The standard InChI is InChI=1S/C16H23N3O3/c1-11(2)14(15(20)21)18(3)16(22)19-9-5-7-13(19)12-6-4-8-17-10-12/h4,6,8,10-11,13-14H,5,7,9H2,1-3H3,(H,20,21)/t13-,14+/m1/s1. The summed E-state index contributed by atoms with van der Waals surface area (Å²) in [6.07, 6.45) is 5.27. The van der Waals surface area contributed by atoms with E-state index in [9.17, 15) is 14.7 Å². The van der Waals surface area contributed by atoms with Crippen LogP contribution in [0.15, 0.2) is 24.5 Å². The smallest absolute Gasteiger partial charge is 0.326 e. The number of likely N-dealkylation sites (tertiary alicyclic amines) is 1. The summed E-state index contributed by atoms with van der Waals surface area (Å²) in [5, 5.41) is 9.37. The fourth-order valence-corrected chi connectivity index (χ4v) is 3.13. The van der Waals surface area contributed by atoms with Crippen molar-refractivity contribution in [3.05, 3.63) is 30.1 Å². The third-order valence-corrected chi connectivity index (χ3v) is 4.17. The number of urea groups is 1. The summed E-state index contributed by atoms with van der Waals surface area (Å²) in [4.78, 5) is 31.4. The van der Waals surface area contributed by atoms with Gasteiger partial charge in [-0.1, -0.05) is 19.9 Å². The molecule has 0 aliphatic carbocycles. The van der Waals surface area contributed by atoms with Gasteiger partial charge < -0.3 is 14.9 Å². The molecule has 1 aliphatic rings. The lowest BCUT2D eigenvalue weighted by Gasteiger charge is -2.34. The second-order valence-corrected chi connectivity index (χ2v) is 6.06. The molecule has 1 aromatic heterocycles. The van der Waals surface area contributed by atoms with Crippen LogP contribution >= 0.6 is 0 Å². The molecule has 1 fully saturated rings. The van der Waals surface area contributed by atoms with Crippen molar-refractivity contribution in [3.8, 4) is 0 Å². The highest BCUT2D eigenvalue weighted by Gasteiger charge is 2.37. The summed E-state index contributed by atoms with van der Waals surface area (Å²) in [5.41, 5.74) is 0.998. The molecule has 0 unspecified atom stereocenters. The summed E-state index contributed by atoms with van der Waals surface area (Å²) >= 11 is 0. The molecule has 0 aromatic carbocycles. The van der Waals surface area contributed by atoms with Crippen molar-refractivity contribution < 1.29 is 14.7 Å². The third-order valence-electron chi connectivity index (χ3n) is 4.17. The van der Waals surface area contributed by atoms with Gasteiger partial charge in [0.2, 0.25) is 0 Å². The van der Waals surface area contributed by atoms with Crippen molar-refractivity contribution in [2.45, 2.75) is 38.8 Å². The van der Waals surface area contributed by atoms with Crippen LogP contribution < -0.4 is 0 Å². The van der Waals surface area contributed by atoms with Crippen molar-refractivity contribution in [3.63, 3.8) is 0 Å². The van der Waals surface area contributed by atoms with E-state index in [1.54, 1.807) is 24.3 Å². The number of hydrogen-bond donors (Lipinski definition) is 1. The molecule has 0 spiro atoms. The number of rotatable bonds is 4. The normalized spacial score (nSPS) is 19.3. The average molecular weight is 305 g/mol. The van der Waals surface area contributed by atoms with Crippen molar-refractivity contribution in [2.75, 3.05) is 13.6 Å². The van der Waals surface area contributed by atoms with Crippen LogP contribution in [0.25, 0.3) is 0 Å². The molecule has 1 saturated heterocycles. The largest absolute Gasteiger partial charge is 0.480 e. The highest BCUT2D eigenvalue weighted by molar-refractivity contribution is 5.83. The van der Waals surface area contributed by atoms with Crippen molar-refractivity contribution >= 4 is 12.0 Å². The second-order valence-electron chi connectivity index (χ2n) is 6.06. The number of aliphatic carboxylic acids is 1. The van der Waals surface area contributed by atoms with E-state index in [0.717, 1.165) is 18.4 Å².